The van der Waals surface area contributed by atoms with Gasteiger partial charge in [0.2, 0.25) is 0 Å². The van der Waals surface area contributed by atoms with Gasteiger partial charge in [0.1, 0.15) is 0 Å². The van der Waals surface area contributed by atoms with E-state index < -0.39 is 15.9 Å². The number of aryl methyl sites for hydroxylation is 1. The zero-order chi connectivity index (χ0) is 14.9. The number of benzene rings is 1. The fraction of sp³-hybridized carbons (Fsp3) is 0.167. The predicted molar refractivity (Wildman–Crippen MR) is 78.6 cm³/mol. The highest BCUT2D eigenvalue weighted by Crippen LogP contribution is 2.33. The van der Waals surface area contributed by atoms with Gasteiger partial charge in [0.05, 0.1) is 15.5 Å². The van der Waals surface area contributed by atoms with Crippen molar-refractivity contribution in [2.24, 2.45) is 5.73 Å². The second kappa shape index (κ2) is 5.22. The Hall–Kier alpha value is -1.93. The molecule has 8 heteroatoms. The first-order chi connectivity index (χ1) is 9.27. The molecule has 0 aliphatic heterocycles. The van der Waals surface area contributed by atoms with Gasteiger partial charge < -0.3 is 5.73 Å². The first kappa shape index (κ1) is 14.5. The normalized spacial score (nSPS) is 11.3. The minimum Gasteiger partial charge on any atom is -0.351 e. The maximum atomic E-state index is 11.4. The molecule has 1 aromatic heterocycles. The Morgan fingerprint density at radius 1 is 1.30 bits per heavy atom. The first-order valence-corrected chi connectivity index (χ1v) is 8.32. The number of rotatable bonds is 3. The van der Waals surface area contributed by atoms with Gasteiger partial charge in [-0.2, -0.15) is 0 Å². The highest BCUT2D eigenvalue weighted by atomic mass is 32.2. The van der Waals surface area contributed by atoms with E-state index in [0.29, 0.717) is 5.13 Å². The van der Waals surface area contributed by atoms with Gasteiger partial charge in [0.15, 0.2) is 15.0 Å². The van der Waals surface area contributed by atoms with E-state index in [9.17, 15) is 13.2 Å². The third-order valence-electron chi connectivity index (χ3n) is 2.57. The van der Waals surface area contributed by atoms with Crippen LogP contribution in [0.15, 0.2) is 29.2 Å². The van der Waals surface area contributed by atoms with Crippen LogP contribution in [0.3, 0.4) is 0 Å². The van der Waals surface area contributed by atoms with Crippen molar-refractivity contribution in [2.75, 3.05) is 11.6 Å². The van der Waals surface area contributed by atoms with Crippen LogP contribution >= 0.6 is 11.3 Å². The summed E-state index contributed by atoms with van der Waals surface area (Å²) < 4.78 is 22.8. The Kier molecular flexibility index (Phi) is 3.78. The Bertz CT molecular complexity index is 749. The molecule has 6 nitrogen and oxygen atoms in total. The van der Waals surface area contributed by atoms with Gasteiger partial charge >= 0.3 is 6.03 Å². The molecule has 0 bridgehead atoms. The number of nitrogens with zero attached hydrogens (tertiary/aromatic N) is 1. The summed E-state index contributed by atoms with van der Waals surface area (Å²) in [5.41, 5.74) is 6.62. The minimum absolute atomic E-state index is 0.263. The number of sulfone groups is 1. The Morgan fingerprint density at radius 3 is 2.40 bits per heavy atom. The lowest BCUT2D eigenvalue weighted by molar-refractivity contribution is 0.259. The molecular formula is C12H13N3O3S2. The molecule has 106 valence electrons. The maximum absolute atomic E-state index is 11.4. The molecule has 0 fully saturated rings. The van der Waals surface area contributed by atoms with E-state index in [-0.39, 0.29) is 4.90 Å². The second-order valence-electron chi connectivity index (χ2n) is 4.22. The lowest BCUT2D eigenvalue weighted by Gasteiger charge is -2.01. The summed E-state index contributed by atoms with van der Waals surface area (Å²) in [7, 11) is -3.21. The third-order valence-corrected chi connectivity index (χ3v) is 4.82. The van der Waals surface area contributed by atoms with Crippen LogP contribution < -0.4 is 11.1 Å². The van der Waals surface area contributed by atoms with Crippen molar-refractivity contribution in [3.63, 3.8) is 0 Å². The smallest absolute Gasteiger partial charge is 0.318 e. The summed E-state index contributed by atoms with van der Waals surface area (Å²) in [5.74, 6) is 0. The number of primary amides is 1. The quantitative estimate of drug-likeness (QED) is 0.905. The van der Waals surface area contributed by atoms with Crippen molar-refractivity contribution in [3.05, 3.63) is 30.0 Å². The highest BCUT2D eigenvalue weighted by molar-refractivity contribution is 7.90. The third kappa shape index (κ3) is 3.14. The molecular weight excluding hydrogens is 298 g/mol. The van der Waals surface area contributed by atoms with E-state index in [1.54, 1.807) is 24.3 Å². The number of hydrogen-bond donors (Lipinski definition) is 2. The fourth-order valence-electron chi connectivity index (χ4n) is 1.68. The topological polar surface area (TPSA) is 102 Å². The van der Waals surface area contributed by atoms with Crippen LogP contribution in [0, 0.1) is 6.92 Å². The average Bonchev–Trinajstić information content (AvgIpc) is 2.68. The van der Waals surface area contributed by atoms with Crippen molar-refractivity contribution < 1.29 is 13.2 Å². The molecule has 2 rings (SSSR count). The number of carbonyl (C=O) groups excluding carboxylic acids is 1. The molecule has 3 N–H and O–H groups in total. The number of anilines is 1. The van der Waals surface area contributed by atoms with Gasteiger partial charge in [-0.25, -0.2) is 18.2 Å². The molecule has 0 unspecified atom stereocenters. The number of urea groups is 1. The molecule has 2 amide bonds. The molecule has 0 atom stereocenters. The molecule has 0 spiro atoms. The van der Waals surface area contributed by atoms with Crippen LogP contribution in [0.1, 0.15) is 5.69 Å². The van der Waals surface area contributed by atoms with Crippen molar-refractivity contribution in [1.82, 2.24) is 4.98 Å². The molecule has 0 aliphatic rings. The number of thiazole rings is 1. The standard InChI is InChI=1S/C12H13N3O3S2/c1-7-10(19-12(14-7)15-11(13)16)8-3-5-9(6-4-8)20(2,17)18/h3-6H,1-2H3,(H3,13,14,15,16). The molecule has 0 radical (unpaired) electrons. The minimum atomic E-state index is -3.21. The van der Waals surface area contributed by atoms with Crippen molar-refractivity contribution in [1.29, 1.82) is 0 Å². The molecule has 0 saturated carbocycles. The molecule has 1 aromatic carbocycles. The summed E-state index contributed by atoms with van der Waals surface area (Å²) in [6.45, 7) is 1.81. The molecule has 20 heavy (non-hydrogen) atoms. The average molecular weight is 311 g/mol. The molecule has 1 heterocycles. The predicted octanol–water partition coefficient (Wildman–Crippen LogP) is 2.01. The van der Waals surface area contributed by atoms with Gasteiger partial charge in [-0.1, -0.05) is 23.5 Å². The largest absolute Gasteiger partial charge is 0.351 e. The zero-order valence-electron chi connectivity index (χ0n) is 10.9. The monoisotopic (exact) mass is 311 g/mol. The van der Waals surface area contributed by atoms with E-state index in [2.05, 4.69) is 10.3 Å². The van der Waals surface area contributed by atoms with Crippen molar-refractivity contribution >= 4 is 32.3 Å². The lowest BCUT2D eigenvalue weighted by atomic mass is 10.2. The van der Waals surface area contributed by atoms with Crippen LogP contribution in [0.5, 0.6) is 0 Å². The maximum Gasteiger partial charge on any atom is 0.318 e. The molecule has 0 aliphatic carbocycles. The Labute approximate surface area is 120 Å². The number of nitrogens with one attached hydrogen (secondary N) is 1. The Balaban J connectivity index is 2.37. The summed E-state index contributed by atoms with van der Waals surface area (Å²) in [6.07, 6.45) is 1.16. The summed E-state index contributed by atoms with van der Waals surface area (Å²) in [6, 6.07) is 5.85. The van der Waals surface area contributed by atoms with E-state index in [1.807, 2.05) is 6.92 Å². The van der Waals surface area contributed by atoms with E-state index in [4.69, 9.17) is 5.73 Å². The van der Waals surface area contributed by atoms with Crippen LogP contribution in [-0.2, 0) is 9.84 Å². The van der Waals surface area contributed by atoms with Gasteiger partial charge in [-0.3, -0.25) is 5.32 Å². The number of aromatic nitrogens is 1. The number of carbonyl (C=O) groups is 1. The summed E-state index contributed by atoms with van der Waals surface area (Å²) in [5, 5.41) is 2.84. The zero-order valence-corrected chi connectivity index (χ0v) is 12.5. The fourth-order valence-corrected chi connectivity index (χ4v) is 3.28. The van der Waals surface area contributed by atoms with Crippen LogP contribution in [-0.4, -0.2) is 25.7 Å². The second-order valence-corrected chi connectivity index (χ2v) is 7.23. The molecule has 2 aromatic rings. The van der Waals surface area contributed by atoms with Gasteiger partial charge in [0.25, 0.3) is 0 Å². The van der Waals surface area contributed by atoms with Gasteiger partial charge in [-0.05, 0) is 24.6 Å². The van der Waals surface area contributed by atoms with E-state index in [1.165, 1.54) is 11.3 Å². The van der Waals surface area contributed by atoms with Gasteiger partial charge in [-0.15, -0.1) is 0 Å². The van der Waals surface area contributed by atoms with Crippen LogP contribution in [0.2, 0.25) is 0 Å². The number of hydrogen-bond acceptors (Lipinski definition) is 5. The van der Waals surface area contributed by atoms with Gasteiger partial charge in [0, 0.05) is 6.26 Å². The van der Waals surface area contributed by atoms with Crippen molar-refractivity contribution in [3.8, 4) is 10.4 Å². The lowest BCUT2D eigenvalue weighted by Crippen LogP contribution is -2.18. The van der Waals surface area contributed by atoms with E-state index in [0.717, 1.165) is 22.4 Å². The van der Waals surface area contributed by atoms with E-state index >= 15 is 0 Å². The van der Waals surface area contributed by atoms with Crippen LogP contribution in [0.4, 0.5) is 9.93 Å². The first-order valence-electron chi connectivity index (χ1n) is 5.62. The number of nitrogens with two attached hydrogens (primary N) is 1. The van der Waals surface area contributed by atoms with Crippen molar-refractivity contribution in [2.45, 2.75) is 11.8 Å². The summed E-state index contributed by atoms with van der Waals surface area (Å²) in [4.78, 5) is 16.1. The van der Waals surface area contributed by atoms with Crippen LogP contribution in [0.25, 0.3) is 10.4 Å². The SMILES string of the molecule is Cc1nc(NC(N)=O)sc1-c1ccc(S(C)(=O)=O)cc1. The highest BCUT2D eigenvalue weighted by Gasteiger charge is 2.12. The Morgan fingerprint density at radius 2 is 1.90 bits per heavy atom. The molecule has 0 saturated heterocycles. The number of amides is 2. The summed E-state index contributed by atoms with van der Waals surface area (Å²) >= 11 is 1.28.